The Balaban J connectivity index is 1.66. The second kappa shape index (κ2) is 8.87. The quantitative estimate of drug-likeness (QED) is 0.586. The largest absolute Gasteiger partial charge is 0.358 e. The van der Waals surface area contributed by atoms with Gasteiger partial charge >= 0.3 is 0 Å². The molecule has 4 nitrogen and oxygen atoms in total. The monoisotopic (exact) mass is 333 g/mol. The number of nitrogens with one attached hydrogen (secondary N) is 3. The molecule has 0 heterocycles. The number of thiocarbonyl (C=S) groups is 1. The molecule has 1 saturated carbocycles. The molecule has 126 valence electrons. The minimum atomic E-state index is -0.0527. The summed E-state index contributed by atoms with van der Waals surface area (Å²) in [6.07, 6.45) is 4.82. The predicted octanol–water partition coefficient (Wildman–Crippen LogP) is 2.94. The number of carbonyl (C=O) groups excluding carboxylic acids is 1. The molecule has 3 atom stereocenters. The van der Waals surface area contributed by atoms with Gasteiger partial charge in [-0.05, 0) is 42.5 Å². The Bertz CT molecular complexity index is 520. The lowest BCUT2D eigenvalue weighted by molar-refractivity contribution is -0.121. The first-order chi connectivity index (χ1) is 11.1. The van der Waals surface area contributed by atoms with Crippen LogP contribution in [0.1, 0.15) is 45.1 Å². The molecule has 0 radical (unpaired) electrons. The van der Waals surface area contributed by atoms with Crippen LogP contribution in [0.3, 0.4) is 0 Å². The summed E-state index contributed by atoms with van der Waals surface area (Å²) in [6, 6.07) is 10.4. The Hall–Kier alpha value is -1.62. The van der Waals surface area contributed by atoms with E-state index in [0.29, 0.717) is 29.4 Å². The number of amides is 1. The van der Waals surface area contributed by atoms with Gasteiger partial charge < -0.3 is 5.32 Å². The van der Waals surface area contributed by atoms with E-state index in [4.69, 9.17) is 12.2 Å². The Morgan fingerprint density at radius 2 is 1.91 bits per heavy atom. The van der Waals surface area contributed by atoms with Crippen LogP contribution >= 0.6 is 12.2 Å². The predicted molar refractivity (Wildman–Crippen MR) is 97.7 cm³/mol. The van der Waals surface area contributed by atoms with E-state index in [1.807, 2.05) is 30.3 Å². The molecular weight excluding hydrogens is 306 g/mol. The molecule has 0 unspecified atom stereocenters. The highest BCUT2D eigenvalue weighted by Gasteiger charge is 2.27. The van der Waals surface area contributed by atoms with Gasteiger partial charge in [-0.3, -0.25) is 15.6 Å². The lowest BCUT2D eigenvalue weighted by Crippen LogP contribution is -2.52. The molecule has 1 aliphatic carbocycles. The van der Waals surface area contributed by atoms with E-state index in [-0.39, 0.29) is 5.91 Å². The molecule has 5 heteroatoms. The standard InChI is InChI=1S/C18H27N3OS/c1-13-7-6-10-16(14(13)2)19-18(23)21-20-17(22)12-11-15-8-4-3-5-9-15/h3-5,8-9,13-14,16H,6-7,10-12H2,1-2H3,(H,20,22)(H2,19,21,23)/t13-,14+,16-/m0/s1. The molecule has 0 bridgehead atoms. The van der Waals surface area contributed by atoms with Gasteiger partial charge in [0.05, 0.1) is 0 Å². The normalized spacial score (nSPS) is 23.8. The number of hydrogen-bond donors (Lipinski definition) is 3. The maximum absolute atomic E-state index is 11.9. The SMILES string of the molecule is C[C@H]1[C@@H](NC(=S)NNC(=O)CCc2ccccc2)CCC[C@@H]1C. The van der Waals surface area contributed by atoms with E-state index in [1.54, 1.807) is 0 Å². The van der Waals surface area contributed by atoms with Crippen molar-refractivity contribution < 1.29 is 4.79 Å². The number of rotatable bonds is 4. The zero-order valence-corrected chi connectivity index (χ0v) is 14.8. The third-order valence-corrected chi connectivity index (χ3v) is 5.04. The fourth-order valence-corrected chi connectivity index (χ4v) is 3.28. The van der Waals surface area contributed by atoms with Crippen LogP contribution in [0.15, 0.2) is 30.3 Å². The van der Waals surface area contributed by atoms with Gasteiger partial charge in [0.1, 0.15) is 0 Å². The average molecular weight is 334 g/mol. The van der Waals surface area contributed by atoms with Gasteiger partial charge in [-0.25, -0.2) is 0 Å². The second-order valence-electron chi connectivity index (χ2n) is 6.51. The van der Waals surface area contributed by atoms with Crippen molar-refractivity contribution in [3.63, 3.8) is 0 Å². The summed E-state index contributed by atoms with van der Waals surface area (Å²) < 4.78 is 0. The van der Waals surface area contributed by atoms with E-state index in [1.165, 1.54) is 12.8 Å². The number of carbonyl (C=O) groups is 1. The van der Waals surface area contributed by atoms with Crippen molar-refractivity contribution in [1.29, 1.82) is 0 Å². The third kappa shape index (κ3) is 5.82. The van der Waals surface area contributed by atoms with Crippen LogP contribution in [-0.2, 0) is 11.2 Å². The van der Waals surface area contributed by atoms with Crippen molar-refractivity contribution >= 4 is 23.2 Å². The molecule has 0 aromatic heterocycles. The molecule has 2 rings (SSSR count). The van der Waals surface area contributed by atoms with Gasteiger partial charge in [-0.2, -0.15) is 0 Å². The minimum absolute atomic E-state index is 0.0527. The summed E-state index contributed by atoms with van der Waals surface area (Å²) in [5.41, 5.74) is 6.66. The zero-order valence-electron chi connectivity index (χ0n) is 14.0. The van der Waals surface area contributed by atoms with E-state index in [0.717, 1.165) is 18.4 Å². The first kappa shape index (κ1) is 17.7. The maximum atomic E-state index is 11.9. The molecule has 1 aromatic rings. The van der Waals surface area contributed by atoms with E-state index < -0.39 is 0 Å². The van der Waals surface area contributed by atoms with Crippen LogP contribution in [0.5, 0.6) is 0 Å². The lowest BCUT2D eigenvalue weighted by atomic mass is 9.78. The van der Waals surface area contributed by atoms with Crippen molar-refractivity contribution in [1.82, 2.24) is 16.2 Å². The Labute approximate surface area is 144 Å². The van der Waals surface area contributed by atoms with Gasteiger partial charge in [0.2, 0.25) is 5.91 Å². The van der Waals surface area contributed by atoms with Crippen molar-refractivity contribution in [2.24, 2.45) is 11.8 Å². The van der Waals surface area contributed by atoms with Gasteiger partial charge in [0.15, 0.2) is 5.11 Å². The smallest absolute Gasteiger partial charge is 0.238 e. The molecule has 0 saturated heterocycles. The van der Waals surface area contributed by atoms with E-state index in [9.17, 15) is 4.79 Å². The molecule has 1 amide bonds. The second-order valence-corrected chi connectivity index (χ2v) is 6.91. The summed E-state index contributed by atoms with van der Waals surface area (Å²) in [7, 11) is 0. The number of benzene rings is 1. The highest BCUT2D eigenvalue weighted by molar-refractivity contribution is 7.80. The molecular formula is C18H27N3OS. The van der Waals surface area contributed by atoms with Gasteiger partial charge in [0.25, 0.3) is 0 Å². The lowest BCUT2D eigenvalue weighted by Gasteiger charge is -2.35. The number of hydrazine groups is 1. The van der Waals surface area contributed by atoms with Crippen LogP contribution in [0.4, 0.5) is 0 Å². The summed E-state index contributed by atoms with van der Waals surface area (Å²) in [4.78, 5) is 11.9. The fraction of sp³-hybridized carbons (Fsp3) is 0.556. The maximum Gasteiger partial charge on any atom is 0.238 e. The Morgan fingerprint density at radius 3 is 2.65 bits per heavy atom. The molecule has 23 heavy (non-hydrogen) atoms. The average Bonchev–Trinajstić information content (AvgIpc) is 2.56. The van der Waals surface area contributed by atoms with Crippen molar-refractivity contribution in [2.75, 3.05) is 0 Å². The van der Waals surface area contributed by atoms with Crippen LogP contribution in [0.25, 0.3) is 0 Å². The topological polar surface area (TPSA) is 53.2 Å². The van der Waals surface area contributed by atoms with Crippen LogP contribution < -0.4 is 16.2 Å². The zero-order chi connectivity index (χ0) is 16.7. The van der Waals surface area contributed by atoms with Crippen molar-refractivity contribution in [2.45, 2.75) is 52.0 Å². The summed E-state index contributed by atoms with van der Waals surface area (Å²) in [6.45, 7) is 4.56. The highest BCUT2D eigenvalue weighted by atomic mass is 32.1. The molecule has 0 spiro atoms. The van der Waals surface area contributed by atoms with Gasteiger partial charge in [-0.15, -0.1) is 0 Å². The molecule has 3 N–H and O–H groups in total. The van der Waals surface area contributed by atoms with Gasteiger partial charge in [0, 0.05) is 12.5 Å². The summed E-state index contributed by atoms with van der Waals surface area (Å²) >= 11 is 5.29. The first-order valence-corrected chi connectivity index (χ1v) is 8.86. The minimum Gasteiger partial charge on any atom is -0.358 e. The molecule has 1 aliphatic rings. The highest BCUT2D eigenvalue weighted by Crippen LogP contribution is 2.29. The van der Waals surface area contributed by atoms with Gasteiger partial charge in [-0.1, -0.05) is 57.0 Å². The van der Waals surface area contributed by atoms with E-state index >= 15 is 0 Å². The van der Waals surface area contributed by atoms with Crippen LogP contribution in [0.2, 0.25) is 0 Å². The molecule has 1 fully saturated rings. The third-order valence-electron chi connectivity index (χ3n) is 4.82. The Morgan fingerprint density at radius 1 is 1.17 bits per heavy atom. The van der Waals surface area contributed by atoms with Crippen LogP contribution in [-0.4, -0.2) is 17.1 Å². The molecule has 1 aromatic carbocycles. The number of aryl methyl sites for hydroxylation is 1. The summed E-state index contributed by atoms with van der Waals surface area (Å²) in [5.74, 6) is 1.25. The fourth-order valence-electron chi connectivity index (χ4n) is 3.08. The molecule has 0 aliphatic heterocycles. The van der Waals surface area contributed by atoms with Crippen molar-refractivity contribution in [3.8, 4) is 0 Å². The van der Waals surface area contributed by atoms with Crippen molar-refractivity contribution in [3.05, 3.63) is 35.9 Å². The summed E-state index contributed by atoms with van der Waals surface area (Å²) in [5, 5.41) is 3.84. The number of hydrogen-bond acceptors (Lipinski definition) is 2. The Kier molecular flexibility index (Phi) is 6.84. The first-order valence-electron chi connectivity index (χ1n) is 8.45. The van der Waals surface area contributed by atoms with Crippen LogP contribution in [0, 0.1) is 11.8 Å². The van der Waals surface area contributed by atoms with E-state index in [2.05, 4.69) is 30.0 Å².